The monoisotopic (exact) mass is 256 g/mol. The van der Waals surface area contributed by atoms with E-state index in [1.54, 1.807) is 24.3 Å². The first kappa shape index (κ1) is 11.4. The van der Waals surface area contributed by atoms with E-state index in [1.807, 2.05) is 0 Å². The van der Waals surface area contributed by atoms with Crippen molar-refractivity contribution in [3.8, 4) is 0 Å². The van der Waals surface area contributed by atoms with Crippen molar-refractivity contribution in [1.29, 1.82) is 0 Å². The van der Waals surface area contributed by atoms with Crippen molar-refractivity contribution < 1.29 is 14.0 Å². The molecule has 0 atom stereocenters. The molecule has 0 aliphatic carbocycles. The van der Waals surface area contributed by atoms with Crippen LogP contribution in [0.1, 0.15) is 20.7 Å². The molecule has 94 valence electrons. The number of hydrogen-bond acceptors (Lipinski definition) is 3. The number of amides is 2. The number of halogens is 1. The summed E-state index contributed by atoms with van der Waals surface area (Å²) in [7, 11) is 0. The Morgan fingerprint density at radius 3 is 2.05 bits per heavy atom. The summed E-state index contributed by atoms with van der Waals surface area (Å²) >= 11 is 0. The maximum atomic E-state index is 13.8. The molecule has 1 aliphatic rings. The van der Waals surface area contributed by atoms with Crippen molar-refractivity contribution in [1.82, 2.24) is 0 Å². The second-order valence-corrected chi connectivity index (χ2v) is 4.20. The maximum Gasteiger partial charge on any atom is 0.266 e. The molecule has 1 heterocycles. The molecule has 2 N–H and O–H groups in total. The molecular weight excluding hydrogens is 247 g/mol. The van der Waals surface area contributed by atoms with Gasteiger partial charge in [-0.1, -0.05) is 12.1 Å². The van der Waals surface area contributed by atoms with Crippen LogP contribution in [0.4, 0.5) is 15.8 Å². The van der Waals surface area contributed by atoms with Crippen molar-refractivity contribution in [2.75, 3.05) is 10.6 Å². The highest BCUT2D eigenvalue weighted by molar-refractivity contribution is 6.34. The third-order valence-corrected chi connectivity index (χ3v) is 3.01. The number of benzene rings is 2. The predicted octanol–water partition coefficient (Wildman–Crippen LogP) is 2.21. The summed E-state index contributed by atoms with van der Waals surface area (Å²) in [5, 5.41) is 0. The Morgan fingerprint density at radius 1 is 0.947 bits per heavy atom. The van der Waals surface area contributed by atoms with Crippen LogP contribution in [0.15, 0.2) is 42.5 Å². The highest BCUT2D eigenvalue weighted by Crippen LogP contribution is 2.30. The van der Waals surface area contributed by atoms with E-state index in [0.717, 1.165) is 11.0 Å². The normalized spacial score (nSPS) is 13.8. The fourth-order valence-corrected chi connectivity index (χ4v) is 2.11. The van der Waals surface area contributed by atoms with E-state index in [4.69, 9.17) is 5.73 Å². The van der Waals surface area contributed by atoms with Gasteiger partial charge in [0.25, 0.3) is 11.8 Å². The molecule has 4 nitrogen and oxygen atoms in total. The quantitative estimate of drug-likeness (QED) is 0.628. The van der Waals surface area contributed by atoms with Crippen LogP contribution in [0.25, 0.3) is 0 Å². The highest BCUT2D eigenvalue weighted by Gasteiger charge is 2.37. The van der Waals surface area contributed by atoms with E-state index in [-0.39, 0.29) is 22.5 Å². The number of carbonyl (C=O) groups excluding carboxylic acids is 2. The summed E-state index contributed by atoms with van der Waals surface area (Å²) < 4.78 is 13.8. The van der Waals surface area contributed by atoms with E-state index >= 15 is 0 Å². The van der Waals surface area contributed by atoms with Gasteiger partial charge < -0.3 is 5.73 Å². The number of nitrogens with two attached hydrogens (primary N) is 1. The molecule has 1 aliphatic heterocycles. The number of hydrogen-bond donors (Lipinski definition) is 1. The van der Waals surface area contributed by atoms with Crippen LogP contribution >= 0.6 is 0 Å². The molecule has 3 rings (SSSR count). The first-order valence-electron chi connectivity index (χ1n) is 5.62. The van der Waals surface area contributed by atoms with Gasteiger partial charge in [-0.2, -0.15) is 0 Å². The molecule has 2 amide bonds. The van der Waals surface area contributed by atoms with E-state index in [0.29, 0.717) is 0 Å². The molecule has 0 saturated carbocycles. The first-order valence-corrected chi connectivity index (χ1v) is 5.62. The van der Waals surface area contributed by atoms with Crippen LogP contribution in [0.5, 0.6) is 0 Å². The molecule has 0 saturated heterocycles. The summed E-state index contributed by atoms with van der Waals surface area (Å²) in [6.45, 7) is 0. The number of imide groups is 1. The number of carbonyl (C=O) groups is 2. The zero-order valence-corrected chi connectivity index (χ0v) is 9.76. The number of nitrogens with zero attached hydrogens (tertiary/aromatic N) is 1. The minimum atomic E-state index is -0.700. The van der Waals surface area contributed by atoms with Crippen molar-refractivity contribution >= 4 is 23.2 Å². The molecule has 2 aromatic carbocycles. The van der Waals surface area contributed by atoms with Crippen molar-refractivity contribution in [3.05, 3.63) is 59.4 Å². The third-order valence-electron chi connectivity index (χ3n) is 3.01. The second-order valence-electron chi connectivity index (χ2n) is 4.20. The third kappa shape index (κ3) is 1.59. The lowest BCUT2D eigenvalue weighted by Gasteiger charge is -2.14. The summed E-state index contributed by atoms with van der Waals surface area (Å²) in [4.78, 5) is 25.1. The van der Waals surface area contributed by atoms with Crippen LogP contribution in [-0.2, 0) is 0 Å². The van der Waals surface area contributed by atoms with Gasteiger partial charge in [-0.25, -0.2) is 9.29 Å². The predicted molar refractivity (Wildman–Crippen MR) is 68.4 cm³/mol. The topological polar surface area (TPSA) is 63.4 Å². The van der Waals surface area contributed by atoms with Gasteiger partial charge in [0.1, 0.15) is 5.82 Å². The largest absolute Gasteiger partial charge is 0.399 e. The smallest absolute Gasteiger partial charge is 0.266 e. The molecule has 19 heavy (non-hydrogen) atoms. The molecule has 0 radical (unpaired) electrons. The molecular formula is C14H9FN2O2. The lowest BCUT2D eigenvalue weighted by Crippen LogP contribution is -2.30. The average Bonchev–Trinajstić information content (AvgIpc) is 2.64. The average molecular weight is 256 g/mol. The van der Waals surface area contributed by atoms with E-state index in [1.165, 1.54) is 12.1 Å². The van der Waals surface area contributed by atoms with E-state index in [9.17, 15) is 14.0 Å². The van der Waals surface area contributed by atoms with Gasteiger partial charge >= 0.3 is 0 Å². The Labute approximate surface area is 108 Å². The fourth-order valence-electron chi connectivity index (χ4n) is 2.11. The molecule has 5 heteroatoms. The van der Waals surface area contributed by atoms with Gasteiger partial charge in [-0.3, -0.25) is 9.59 Å². The van der Waals surface area contributed by atoms with Gasteiger partial charge in [0.15, 0.2) is 0 Å². The van der Waals surface area contributed by atoms with Crippen molar-refractivity contribution in [3.63, 3.8) is 0 Å². The molecule has 0 spiro atoms. The van der Waals surface area contributed by atoms with Crippen LogP contribution < -0.4 is 10.6 Å². The summed E-state index contributed by atoms with van der Waals surface area (Å²) in [6, 6.07) is 10.3. The van der Waals surface area contributed by atoms with Crippen LogP contribution in [0.3, 0.4) is 0 Å². The van der Waals surface area contributed by atoms with Gasteiger partial charge in [-0.15, -0.1) is 0 Å². The summed E-state index contributed by atoms with van der Waals surface area (Å²) in [5.74, 6) is -1.75. The van der Waals surface area contributed by atoms with Gasteiger partial charge in [0.05, 0.1) is 16.8 Å². The Morgan fingerprint density at radius 2 is 1.53 bits per heavy atom. The van der Waals surface area contributed by atoms with Crippen molar-refractivity contribution in [2.45, 2.75) is 0 Å². The lowest BCUT2D eigenvalue weighted by molar-refractivity contribution is 0.0925. The number of nitrogen functional groups attached to an aromatic ring is 1. The molecule has 0 unspecified atom stereocenters. The molecule has 0 aromatic heterocycles. The standard InChI is InChI=1S/C14H9FN2O2/c15-11-7-8(16)5-6-12(11)17-13(18)9-3-1-2-4-10(9)14(17)19/h1-7H,16H2. The van der Waals surface area contributed by atoms with Crippen LogP contribution in [0.2, 0.25) is 0 Å². The van der Waals surface area contributed by atoms with Crippen LogP contribution in [0, 0.1) is 5.82 Å². The summed E-state index contributed by atoms with van der Waals surface area (Å²) in [5.41, 5.74) is 6.16. The highest BCUT2D eigenvalue weighted by atomic mass is 19.1. The molecule has 0 bridgehead atoms. The SMILES string of the molecule is Nc1ccc(N2C(=O)c3ccccc3C2=O)c(F)c1. The Bertz CT molecular complexity index is 677. The maximum absolute atomic E-state index is 13.8. The Hall–Kier alpha value is -2.69. The number of rotatable bonds is 1. The minimum Gasteiger partial charge on any atom is -0.399 e. The van der Waals surface area contributed by atoms with Crippen molar-refractivity contribution in [2.24, 2.45) is 0 Å². The number of anilines is 2. The van der Waals surface area contributed by atoms with E-state index in [2.05, 4.69) is 0 Å². The Balaban J connectivity index is 2.14. The first-order chi connectivity index (χ1) is 9.09. The lowest BCUT2D eigenvalue weighted by atomic mass is 10.1. The minimum absolute atomic E-state index is 0.0830. The fraction of sp³-hybridized carbons (Fsp3) is 0. The molecule has 0 fully saturated rings. The van der Waals surface area contributed by atoms with Gasteiger partial charge in [0.2, 0.25) is 0 Å². The zero-order valence-electron chi connectivity index (χ0n) is 9.76. The summed E-state index contributed by atoms with van der Waals surface area (Å²) in [6.07, 6.45) is 0. The van der Waals surface area contributed by atoms with E-state index < -0.39 is 17.6 Å². The van der Waals surface area contributed by atoms with Gasteiger partial charge in [-0.05, 0) is 30.3 Å². The van der Waals surface area contributed by atoms with Crippen LogP contribution in [-0.4, -0.2) is 11.8 Å². The number of fused-ring (bicyclic) bond motifs is 1. The zero-order chi connectivity index (χ0) is 13.6. The Kier molecular flexibility index (Phi) is 2.35. The second kappa shape index (κ2) is 3.91. The molecule has 2 aromatic rings. The van der Waals surface area contributed by atoms with Gasteiger partial charge in [0, 0.05) is 5.69 Å².